The number of rotatable bonds is 8. The Morgan fingerprint density at radius 1 is 1.24 bits per heavy atom. The molecule has 0 aliphatic carbocycles. The molecule has 4 N–H and O–H groups in total. The third kappa shape index (κ3) is 6.70. The minimum absolute atomic E-state index is 0.0468. The molecule has 7 heteroatoms. The summed E-state index contributed by atoms with van der Waals surface area (Å²) in [4.78, 5) is 11.4. The number of sulfonamides is 1. The van der Waals surface area contributed by atoms with E-state index in [0.29, 0.717) is 12.1 Å². The van der Waals surface area contributed by atoms with E-state index in [1.54, 1.807) is 18.2 Å². The van der Waals surface area contributed by atoms with Gasteiger partial charge in [-0.15, -0.1) is 0 Å². The van der Waals surface area contributed by atoms with Crippen LogP contribution in [-0.2, 0) is 27.1 Å². The van der Waals surface area contributed by atoms with E-state index in [4.69, 9.17) is 5.73 Å². The normalized spacial score (nSPS) is 11.6. The third-order valence-electron chi connectivity index (χ3n) is 2.81. The van der Waals surface area contributed by atoms with Gasteiger partial charge in [0.2, 0.25) is 15.9 Å². The molecular weight excluding hydrogens is 290 g/mol. The first-order valence-electron chi connectivity index (χ1n) is 6.87. The Labute approximate surface area is 126 Å². The Balaban J connectivity index is 2.53. The number of benzene rings is 1. The van der Waals surface area contributed by atoms with E-state index in [0.717, 1.165) is 5.56 Å². The summed E-state index contributed by atoms with van der Waals surface area (Å²) in [6, 6.07) is 7.20. The SMILES string of the molecule is CC(C)NC(=O)CCNS(=O)(=O)Cc1ccccc1CN. The molecule has 0 spiro atoms. The van der Waals surface area contributed by atoms with Crippen molar-refractivity contribution < 1.29 is 13.2 Å². The molecule has 0 atom stereocenters. The first-order chi connectivity index (χ1) is 9.84. The van der Waals surface area contributed by atoms with Gasteiger partial charge in [-0.05, 0) is 25.0 Å². The summed E-state index contributed by atoms with van der Waals surface area (Å²) >= 11 is 0. The highest BCUT2D eigenvalue weighted by molar-refractivity contribution is 7.88. The Morgan fingerprint density at radius 2 is 1.86 bits per heavy atom. The van der Waals surface area contributed by atoms with Crippen LogP contribution in [0.25, 0.3) is 0 Å². The highest BCUT2D eigenvalue weighted by atomic mass is 32.2. The van der Waals surface area contributed by atoms with Crippen molar-refractivity contribution in [2.45, 2.75) is 38.6 Å². The maximum Gasteiger partial charge on any atom is 0.221 e. The second-order valence-electron chi connectivity index (χ2n) is 5.10. The Kier molecular flexibility index (Phi) is 6.80. The molecular formula is C14H23N3O3S. The average molecular weight is 313 g/mol. The van der Waals surface area contributed by atoms with Gasteiger partial charge in [-0.2, -0.15) is 0 Å². The van der Waals surface area contributed by atoms with E-state index in [1.807, 2.05) is 19.9 Å². The van der Waals surface area contributed by atoms with Crippen molar-refractivity contribution in [3.8, 4) is 0 Å². The molecule has 0 aliphatic heterocycles. The van der Waals surface area contributed by atoms with Crippen molar-refractivity contribution in [3.05, 3.63) is 35.4 Å². The van der Waals surface area contributed by atoms with Crippen molar-refractivity contribution >= 4 is 15.9 Å². The molecule has 0 radical (unpaired) electrons. The number of carbonyl (C=O) groups excluding carboxylic acids is 1. The summed E-state index contributed by atoms with van der Waals surface area (Å²) in [6.07, 6.45) is 0.121. The summed E-state index contributed by atoms with van der Waals surface area (Å²) in [6.45, 7) is 4.09. The summed E-state index contributed by atoms with van der Waals surface area (Å²) in [7, 11) is -3.48. The molecule has 118 valence electrons. The molecule has 0 unspecified atom stereocenters. The van der Waals surface area contributed by atoms with Crippen LogP contribution in [0.4, 0.5) is 0 Å². The van der Waals surface area contributed by atoms with Crippen LogP contribution in [0.5, 0.6) is 0 Å². The number of hydrogen-bond acceptors (Lipinski definition) is 4. The van der Waals surface area contributed by atoms with Gasteiger partial charge in [0, 0.05) is 25.6 Å². The second-order valence-corrected chi connectivity index (χ2v) is 6.91. The average Bonchev–Trinajstić information content (AvgIpc) is 2.37. The molecule has 21 heavy (non-hydrogen) atoms. The van der Waals surface area contributed by atoms with Gasteiger partial charge in [-0.25, -0.2) is 13.1 Å². The zero-order chi connectivity index (χ0) is 15.9. The van der Waals surface area contributed by atoms with Crippen LogP contribution < -0.4 is 15.8 Å². The molecule has 0 aromatic heterocycles. The quantitative estimate of drug-likeness (QED) is 0.649. The van der Waals surface area contributed by atoms with Crippen LogP contribution >= 0.6 is 0 Å². The van der Waals surface area contributed by atoms with Crippen molar-refractivity contribution in [1.82, 2.24) is 10.0 Å². The van der Waals surface area contributed by atoms with Crippen LogP contribution in [0.1, 0.15) is 31.4 Å². The van der Waals surface area contributed by atoms with Gasteiger partial charge >= 0.3 is 0 Å². The summed E-state index contributed by atoms with van der Waals surface area (Å²) in [5.41, 5.74) is 7.07. The van der Waals surface area contributed by atoms with E-state index >= 15 is 0 Å². The summed E-state index contributed by atoms with van der Waals surface area (Å²) < 4.78 is 26.4. The van der Waals surface area contributed by atoms with Gasteiger partial charge in [0.25, 0.3) is 0 Å². The minimum atomic E-state index is -3.48. The third-order valence-corrected chi connectivity index (χ3v) is 4.14. The topological polar surface area (TPSA) is 101 Å². The minimum Gasteiger partial charge on any atom is -0.354 e. The van der Waals surface area contributed by atoms with Crippen molar-refractivity contribution in [3.63, 3.8) is 0 Å². The summed E-state index contributed by atoms with van der Waals surface area (Å²) in [5, 5.41) is 2.71. The van der Waals surface area contributed by atoms with Crippen LogP contribution in [0.3, 0.4) is 0 Å². The van der Waals surface area contributed by atoms with Crippen LogP contribution in [0.2, 0.25) is 0 Å². The zero-order valence-corrected chi connectivity index (χ0v) is 13.2. The van der Waals surface area contributed by atoms with E-state index in [-0.39, 0.29) is 30.7 Å². The van der Waals surface area contributed by atoms with E-state index < -0.39 is 10.0 Å². The van der Waals surface area contributed by atoms with Crippen LogP contribution in [-0.4, -0.2) is 26.9 Å². The maximum absolute atomic E-state index is 12.0. The molecule has 1 aromatic carbocycles. The second kappa shape index (κ2) is 8.11. The molecule has 0 heterocycles. The molecule has 6 nitrogen and oxygen atoms in total. The number of amides is 1. The first-order valence-corrected chi connectivity index (χ1v) is 8.53. The smallest absolute Gasteiger partial charge is 0.221 e. The predicted octanol–water partition coefficient (Wildman–Crippen LogP) is 0.479. The lowest BCUT2D eigenvalue weighted by molar-refractivity contribution is -0.121. The Morgan fingerprint density at radius 3 is 2.43 bits per heavy atom. The van der Waals surface area contributed by atoms with Gasteiger partial charge in [-0.1, -0.05) is 24.3 Å². The van der Waals surface area contributed by atoms with Gasteiger partial charge in [0.1, 0.15) is 0 Å². The van der Waals surface area contributed by atoms with Gasteiger partial charge in [0.15, 0.2) is 0 Å². The lowest BCUT2D eigenvalue weighted by Crippen LogP contribution is -2.34. The Hall–Kier alpha value is -1.44. The Bertz CT molecular complexity index is 571. The van der Waals surface area contributed by atoms with E-state index in [1.165, 1.54) is 0 Å². The molecule has 1 rings (SSSR count). The number of nitrogens with two attached hydrogens (primary N) is 1. The lowest BCUT2D eigenvalue weighted by atomic mass is 10.1. The lowest BCUT2D eigenvalue weighted by Gasteiger charge is -2.11. The van der Waals surface area contributed by atoms with E-state index in [2.05, 4.69) is 10.0 Å². The number of nitrogens with one attached hydrogen (secondary N) is 2. The predicted molar refractivity (Wildman–Crippen MR) is 82.9 cm³/mol. The highest BCUT2D eigenvalue weighted by Crippen LogP contribution is 2.11. The monoisotopic (exact) mass is 313 g/mol. The molecule has 1 aromatic rings. The fourth-order valence-electron chi connectivity index (χ4n) is 1.87. The molecule has 0 fully saturated rings. The van der Waals surface area contributed by atoms with Crippen LogP contribution in [0, 0.1) is 0 Å². The van der Waals surface area contributed by atoms with Gasteiger partial charge < -0.3 is 11.1 Å². The highest BCUT2D eigenvalue weighted by Gasteiger charge is 2.14. The molecule has 0 saturated heterocycles. The van der Waals surface area contributed by atoms with Gasteiger partial charge in [0.05, 0.1) is 5.75 Å². The van der Waals surface area contributed by atoms with Crippen molar-refractivity contribution in [1.29, 1.82) is 0 Å². The van der Waals surface area contributed by atoms with E-state index in [9.17, 15) is 13.2 Å². The summed E-state index contributed by atoms with van der Waals surface area (Å²) in [5.74, 6) is -0.304. The largest absolute Gasteiger partial charge is 0.354 e. The molecule has 0 bridgehead atoms. The fourth-order valence-corrected chi connectivity index (χ4v) is 3.07. The van der Waals surface area contributed by atoms with Crippen molar-refractivity contribution in [2.24, 2.45) is 5.73 Å². The maximum atomic E-state index is 12.0. The first kappa shape index (κ1) is 17.6. The molecule has 0 aliphatic rings. The van der Waals surface area contributed by atoms with Gasteiger partial charge in [-0.3, -0.25) is 4.79 Å². The zero-order valence-electron chi connectivity index (χ0n) is 12.4. The fraction of sp³-hybridized carbons (Fsp3) is 0.500. The number of carbonyl (C=O) groups is 1. The van der Waals surface area contributed by atoms with Crippen molar-refractivity contribution in [2.75, 3.05) is 6.54 Å². The molecule has 0 saturated carbocycles. The number of hydrogen-bond donors (Lipinski definition) is 3. The van der Waals surface area contributed by atoms with Crippen LogP contribution in [0.15, 0.2) is 24.3 Å². The standard InChI is InChI=1S/C14H23N3O3S/c1-11(2)17-14(18)7-8-16-21(19,20)10-13-6-4-3-5-12(13)9-15/h3-6,11,16H,7-10,15H2,1-2H3,(H,17,18). The molecule has 1 amide bonds.